The van der Waals surface area contributed by atoms with Crippen LogP contribution >= 0.6 is 0 Å². The smallest absolute Gasteiger partial charge is 0.0725 e. The first kappa shape index (κ1) is 11.6. The highest BCUT2D eigenvalue weighted by molar-refractivity contribution is 5.67. The first-order valence-corrected chi connectivity index (χ1v) is 6.08. The van der Waals surface area contributed by atoms with Crippen molar-refractivity contribution in [1.82, 2.24) is 4.98 Å². The molecule has 0 bridgehead atoms. The van der Waals surface area contributed by atoms with E-state index >= 15 is 0 Å². The van der Waals surface area contributed by atoms with Crippen LogP contribution < -0.4 is 5.73 Å². The predicted octanol–water partition coefficient (Wildman–Crippen LogP) is 3.46. The van der Waals surface area contributed by atoms with E-state index in [1.165, 1.54) is 16.7 Å². The van der Waals surface area contributed by atoms with Gasteiger partial charge in [0.1, 0.15) is 0 Å². The fourth-order valence-electron chi connectivity index (χ4n) is 1.98. The Hall–Kier alpha value is -1.83. The quantitative estimate of drug-likeness (QED) is 0.870. The molecular formula is C15H18N2. The summed E-state index contributed by atoms with van der Waals surface area (Å²) >= 11 is 0. The van der Waals surface area contributed by atoms with Crippen molar-refractivity contribution < 1.29 is 0 Å². The molecule has 0 saturated carbocycles. The highest BCUT2D eigenvalue weighted by Gasteiger charge is 2.06. The van der Waals surface area contributed by atoms with Crippen molar-refractivity contribution >= 4 is 5.69 Å². The van der Waals surface area contributed by atoms with Gasteiger partial charge in [0, 0.05) is 17.4 Å². The van der Waals surface area contributed by atoms with Gasteiger partial charge < -0.3 is 5.73 Å². The van der Waals surface area contributed by atoms with Crippen molar-refractivity contribution in [3.05, 3.63) is 47.7 Å². The Balaban J connectivity index is 2.56. The zero-order chi connectivity index (χ0) is 12.3. The number of aryl methyl sites for hydroxylation is 2. The Kier molecular flexibility index (Phi) is 3.43. The largest absolute Gasteiger partial charge is 0.399 e. The van der Waals surface area contributed by atoms with Gasteiger partial charge in [0.2, 0.25) is 0 Å². The molecule has 17 heavy (non-hydrogen) atoms. The van der Waals surface area contributed by atoms with Gasteiger partial charge in [-0.25, -0.2) is 0 Å². The minimum atomic E-state index is 0.763. The number of anilines is 1. The molecule has 2 rings (SSSR count). The molecule has 1 aromatic heterocycles. The Morgan fingerprint density at radius 3 is 2.53 bits per heavy atom. The lowest BCUT2D eigenvalue weighted by Crippen LogP contribution is -1.94. The second-order valence-corrected chi connectivity index (χ2v) is 4.17. The molecule has 0 atom stereocenters. The zero-order valence-electron chi connectivity index (χ0n) is 10.4. The number of hydrogen-bond donors (Lipinski definition) is 1. The molecule has 2 heteroatoms. The van der Waals surface area contributed by atoms with Crippen LogP contribution in [0.1, 0.15) is 25.0 Å². The predicted molar refractivity (Wildman–Crippen MR) is 72.8 cm³/mol. The normalized spacial score (nSPS) is 10.5. The van der Waals surface area contributed by atoms with Gasteiger partial charge in [-0.1, -0.05) is 26.0 Å². The summed E-state index contributed by atoms with van der Waals surface area (Å²) in [5.74, 6) is 0. The molecule has 2 N–H and O–H groups in total. The second kappa shape index (κ2) is 5.00. The molecule has 0 spiro atoms. The average Bonchev–Trinajstić information content (AvgIpc) is 2.38. The van der Waals surface area contributed by atoms with Crippen LogP contribution in [0.4, 0.5) is 5.69 Å². The van der Waals surface area contributed by atoms with E-state index in [2.05, 4.69) is 37.0 Å². The summed E-state index contributed by atoms with van der Waals surface area (Å²) in [4.78, 5) is 4.41. The first-order chi connectivity index (χ1) is 8.24. The summed E-state index contributed by atoms with van der Waals surface area (Å²) in [5.41, 5.74) is 11.4. The molecule has 0 aliphatic heterocycles. The minimum Gasteiger partial charge on any atom is -0.399 e. The molecule has 0 radical (unpaired) electrons. The van der Waals surface area contributed by atoms with E-state index in [-0.39, 0.29) is 0 Å². The van der Waals surface area contributed by atoms with Crippen LogP contribution in [-0.2, 0) is 12.8 Å². The number of nitrogens with two attached hydrogens (primary N) is 1. The summed E-state index contributed by atoms with van der Waals surface area (Å²) in [7, 11) is 0. The molecule has 2 nitrogen and oxygen atoms in total. The van der Waals surface area contributed by atoms with Crippen molar-refractivity contribution in [3.63, 3.8) is 0 Å². The topological polar surface area (TPSA) is 38.9 Å². The molecule has 0 fully saturated rings. The van der Waals surface area contributed by atoms with E-state index in [9.17, 15) is 0 Å². The lowest BCUT2D eigenvalue weighted by Gasteiger charge is -2.10. The van der Waals surface area contributed by atoms with Gasteiger partial charge in [-0.3, -0.25) is 4.98 Å². The first-order valence-electron chi connectivity index (χ1n) is 6.08. The van der Waals surface area contributed by atoms with Crippen LogP contribution in [0.3, 0.4) is 0 Å². The van der Waals surface area contributed by atoms with Gasteiger partial charge in [0.15, 0.2) is 0 Å². The number of rotatable bonds is 3. The SMILES string of the molecule is CCc1ccc(CC)c(-c2cc(N)ccn2)c1. The van der Waals surface area contributed by atoms with Crippen LogP contribution in [-0.4, -0.2) is 4.98 Å². The maximum absolute atomic E-state index is 5.82. The summed E-state index contributed by atoms with van der Waals surface area (Å²) in [6.45, 7) is 4.33. The summed E-state index contributed by atoms with van der Waals surface area (Å²) in [6.07, 6.45) is 3.82. The van der Waals surface area contributed by atoms with Crippen molar-refractivity contribution in [1.29, 1.82) is 0 Å². The molecule has 0 saturated heterocycles. The van der Waals surface area contributed by atoms with Gasteiger partial charge in [0.05, 0.1) is 5.69 Å². The monoisotopic (exact) mass is 226 g/mol. The Labute approximate surface area is 103 Å². The maximum Gasteiger partial charge on any atom is 0.0725 e. The molecule has 0 aliphatic rings. The second-order valence-electron chi connectivity index (χ2n) is 4.17. The zero-order valence-corrected chi connectivity index (χ0v) is 10.4. The van der Waals surface area contributed by atoms with Crippen molar-refractivity contribution in [2.75, 3.05) is 5.73 Å². The standard InChI is InChI=1S/C15H18N2/c1-3-11-5-6-12(4-2)14(9-11)15-10-13(16)7-8-17-15/h5-10H,3-4H2,1-2H3,(H2,16,17). The molecule has 2 aromatic rings. The number of pyridine rings is 1. The fourth-order valence-corrected chi connectivity index (χ4v) is 1.98. The third-order valence-corrected chi connectivity index (χ3v) is 3.02. The Morgan fingerprint density at radius 1 is 1.06 bits per heavy atom. The number of aromatic nitrogens is 1. The minimum absolute atomic E-state index is 0.763. The Bertz CT molecular complexity index is 518. The van der Waals surface area contributed by atoms with Crippen LogP contribution in [0, 0.1) is 0 Å². The van der Waals surface area contributed by atoms with Gasteiger partial charge in [-0.2, -0.15) is 0 Å². The van der Waals surface area contributed by atoms with E-state index in [1.54, 1.807) is 6.20 Å². The number of benzene rings is 1. The molecule has 0 amide bonds. The van der Waals surface area contributed by atoms with Crippen LogP contribution in [0.15, 0.2) is 36.5 Å². The van der Waals surface area contributed by atoms with Crippen LogP contribution in [0.5, 0.6) is 0 Å². The number of hydrogen-bond acceptors (Lipinski definition) is 2. The van der Waals surface area contributed by atoms with E-state index in [0.29, 0.717) is 0 Å². The van der Waals surface area contributed by atoms with Crippen LogP contribution in [0.2, 0.25) is 0 Å². The highest BCUT2D eigenvalue weighted by atomic mass is 14.7. The van der Waals surface area contributed by atoms with E-state index in [4.69, 9.17) is 5.73 Å². The van der Waals surface area contributed by atoms with Crippen LogP contribution in [0.25, 0.3) is 11.3 Å². The highest BCUT2D eigenvalue weighted by Crippen LogP contribution is 2.25. The molecule has 1 heterocycles. The van der Waals surface area contributed by atoms with Crippen molar-refractivity contribution in [3.8, 4) is 11.3 Å². The van der Waals surface area contributed by atoms with Crippen molar-refractivity contribution in [2.45, 2.75) is 26.7 Å². The lowest BCUT2D eigenvalue weighted by atomic mass is 9.98. The van der Waals surface area contributed by atoms with E-state index < -0.39 is 0 Å². The third-order valence-electron chi connectivity index (χ3n) is 3.02. The molecule has 88 valence electrons. The molecule has 0 aliphatic carbocycles. The summed E-state index contributed by atoms with van der Waals surface area (Å²) < 4.78 is 0. The van der Waals surface area contributed by atoms with Crippen molar-refractivity contribution in [2.24, 2.45) is 0 Å². The average molecular weight is 226 g/mol. The molecule has 1 aromatic carbocycles. The lowest BCUT2D eigenvalue weighted by molar-refractivity contribution is 1.10. The molecule has 0 unspecified atom stereocenters. The number of nitrogens with zero attached hydrogens (tertiary/aromatic N) is 1. The van der Waals surface area contributed by atoms with Gasteiger partial charge >= 0.3 is 0 Å². The van der Waals surface area contributed by atoms with Gasteiger partial charge in [0.25, 0.3) is 0 Å². The Morgan fingerprint density at radius 2 is 1.88 bits per heavy atom. The number of nitrogen functional groups attached to an aromatic ring is 1. The van der Waals surface area contributed by atoms with Gasteiger partial charge in [-0.05, 0) is 42.2 Å². The van der Waals surface area contributed by atoms with E-state index in [1.807, 2.05) is 12.1 Å². The maximum atomic E-state index is 5.82. The summed E-state index contributed by atoms with van der Waals surface area (Å²) in [5, 5.41) is 0. The summed E-state index contributed by atoms with van der Waals surface area (Å²) in [6, 6.07) is 10.4. The fraction of sp³-hybridized carbons (Fsp3) is 0.267. The third kappa shape index (κ3) is 2.47. The van der Waals surface area contributed by atoms with E-state index in [0.717, 1.165) is 24.2 Å². The van der Waals surface area contributed by atoms with Gasteiger partial charge in [-0.15, -0.1) is 0 Å². The molecular weight excluding hydrogens is 208 g/mol.